The molecule has 0 spiro atoms. The minimum Gasteiger partial charge on any atom is -0.545 e. The van der Waals surface area contributed by atoms with Crippen LogP contribution in [0.25, 0.3) is 16.9 Å². The molecular weight excluding hydrogens is 365 g/mol. The van der Waals surface area contributed by atoms with E-state index in [1.54, 1.807) is 12.1 Å². The molecule has 2 N–H and O–H groups in total. The average molecular weight is 379 g/mol. The van der Waals surface area contributed by atoms with Crippen LogP contribution < -0.4 is 39.8 Å². The van der Waals surface area contributed by atoms with Crippen molar-refractivity contribution >= 4 is 16.0 Å². The van der Waals surface area contributed by atoms with Crippen molar-refractivity contribution in [3.05, 3.63) is 65.9 Å². The Morgan fingerprint density at radius 2 is 1.65 bits per heavy atom. The summed E-state index contributed by atoms with van der Waals surface area (Å²) >= 11 is 0. The van der Waals surface area contributed by atoms with Crippen LogP contribution in [-0.2, 0) is 10.0 Å². The van der Waals surface area contributed by atoms with Crippen LogP contribution in [-0.4, -0.2) is 24.2 Å². The summed E-state index contributed by atoms with van der Waals surface area (Å²) in [5.74, 6) is -1.34. The molecule has 0 saturated heterocycles. The molecule has 0 unspecified atom stereocenters. The topological polar surface area (TPSA) is 118 Å². The van der Waals surface area contributed by atoms with Gasteiger partial charge in [-0.1, -0.05) is 29.8 Å². The van der Waals surface area contributed by atoms with Gasteiger partial charge in [0.2, 0.25) is 10.0 Å². The van der Waals surface area contributed by atoms with Gasteiger partial charge < -0.3 is 9.90 Å². The maximum atomic E-state index is 11.4. The number of aromatic carboxylic acids is 1. The standard InChI is InChI=1S/C17H15N3O4S.Na/c1-11-2-4-12(5-3-11)16-15(17(21)22)10-20(19-16)13-6-8-14(9-7-13)25(18,23)24;/h2-10H,1H3,(H,21,22)(H2,18,23,24);/q;+1/p-1. The second kappa shape index (κ2) is 7.73. The first-order valence-electron chi connectivity index (χ1n) is 7.27. The Morgan fingerprint density at radius 3 is 2.15 bits per heavy atom. The first-order valence-corrected chi connectivity index (χ1v) is 8.81. The zero-order chi connectivity index (χ0) is 18.2. The van der Waals surface area contributed by atoms with E-state index < -0.39 is 16.0 Å². The van der Waals surface area contributed by atoms with Crippen LogP contribution >= 0.6 is 0 Å². The summed E-state index contributed by atoms with van der Waals surface area (Å²) in [6.07, 6.45) is 1.33. The zero-order valence-corrected chi connectivity index (χ0v) is 17.0. The van der Waals surface area contributed by atoms with E-state index in [0.717, 1.165) is 5.56 Å². The van der Waals surface area contributed by atoms with E-state index in [1.807, 2.05) is 19.1 Å². The van der Waals surface area contributed by atoms with Gasteiger partial charge in [0.05, 0.1) is 16.6 Å². The van der Waals surface area contributed by atoms with Crippen LogP contribution in [0.3, 0.4) is 0 Å². The smallest absolute Gasteiger partial charge is 0.545 e. The van der Waals surface area contributed by atoms with Crippen LogP contribution in [0.5, 0.6) is 0 Å². The minimum absolute atomic E-state index is 0. The van der Waals surface area contributed by atoms with Crippen molar-refractivity contribution in [2.24, 2.45) is 5.14 Å². The number of benzene rings is 2. The molecule has 26 heavy (non-hydrogen) atoms. The van der Waals surface area contributed by atoms with Crippen molar-refractivity contribution in [3.63, 3.8) is 0 Å². The molecule has 0 aliphatic rings. The van der Waals surface area contributed by atoms with E-state index in [-0.39, 0.29) is 45.7 Å². The van der Waals surface area contributed by atoms with Crippen LogP contribution in [0.15, 0.2) is 59.6 Å². The average Bonchev–Trinajstić information content (AvgIpc) is 3.00. The number of nitrogens with two attached hydrogens (primary N) is 1. The molecular formula is C17H14N3NaO4S. The van der Waals surface area contributed by atoms with E-state index >= 15 is 0 Å². The van der Waals surface area contributed by atoms with Gasteiger partial charge in [0.25, 0.3) is 0 Å². The first-order chi connectivity index (χ1) is 11.8. The van der Waals surface area contributed by atoms with Crippen molar-refractivity contribution in [1.29, 1.82) is 0 Å². The summed E-state index contributed by atoms with van der Waals surface area (Å²) in [6, 6.07) is 12.9. The number of hydrogen-bond acceptors (Lipinski definition) is 5. The van der Waals surface area contributed by atoms with Gasteiger partial charge in [-0.15, -0.1) is 0 Å². The van der Waals surface area contributed by atoms with Gasteiger partial charge in [0.15, 0.2) is 0 Å². The molecule has 9 heteroatoms. The number of aryl methyl sites for hydroxylation is 1. The van der Waals surface area contributed by atoms with Crippen LogP contribution in [0, 0.1) is 6.92 Å². The van der Waals surface area contributed by atoms with E-state index in [4.69, 9.17) is 5.14 Å². The number of sulfonamides is 1. The van der Waals surface area contributed by atoms with Crippen molar-refractivity contribution in [1.82, 2.24) is 9.78 Å². The van der Waals surface area contributed by atoms with Crippen LogP contribution in [0.2, 0.25) is 0 Å². The van der Waals surface area contributed by atoms with Gasteiger partial charge in [0, 0.05) is 17.3 Å². The van der Waals surface area contributed by atoms with E-state index in [0.29, 0.717) is 11.3 Å². The molecule has 0 radical (unpaired) electrons. The molecule has 1 aromatic heterocycles. The molecule has 1 heterocycles. The monoisotopic (exact) mass is 379 g/mol. The number of carbonyl (C=O) groups is 1. The number of aromatic nitrogens is 2. The number of carbonyl (C=O) groups excluding carboxylic acids is 1. The second-order valence-corrected chi connectivity index (χ2v) is 7.09. The Hall–Kier alpha value is -1.97. The van der Waals surface area contributed by atoms with Crippen LogP contribution in [0.1, 0.15) is 15.9 Å². The molecule has 128 valence electrons. The molecule has 0 saturated carbocycles. The molecule has 0 aliphatic heterocycles. The normalized spacial score (nSPS) is 11.0. The quantitative estimate of drug-likeness (QED) is 0.519. The Labute approximate surface area is 172 Å². The Bertz CT molecular complexity index is 1040. The van der Waals surface area contributed by atoms with Gasteiger partial charge in [-0.05, 0) is 31.2 Å². The molecule has 2 aromatic carbocycles. The van der Waals surface area contributed by atoms with Crippen molar-refractivity contribution in [2.45, 2.75) is 11.8 Å². The van der Waals surface area contributed by atoms with Gasteiger partial charge in [-0.25, -0.2) is 18.2 Å². The Morgan fingerprint density at radius 1 is 1.08 bits per heavy atom. The summed E-state index contributed by atoms with van der Waals surface area (Å²) < 4.78 is 24.0. The van der Waals surface area contributed by atoms with E-state index in [2.05, 4.69) is 5.10 Å². The third-order valence-corrected chi connectivity index (χ3v) is 4.62. The minimum atomic E-state index is -3.80. The number of carboxylic acids is 1. The van der Waals surface area contributed by atoms with Gasteiger partial charge in [-0.2, -0.15) is 5.10 Å². The molecule has 0 atom stereocenters. The maximum Gasteiger partial charge on any atom is 1.00 e. The fourth-order valence-corrected chi connectivity index (χ4v) is 2.88. The number of hydrogen-bond donors (Lipinski definition) is 1. The van der Waals surface area contributed by atoms with Crippen molar-refractivity contribution in [3.8, 4) is 16.9 Å². The van der Waals surface area contributed by atoms with Crippen LogP contribution in [0.4, 0.5) is 0 Å². The number of carboxylic acid groups (broad SMARTS) is 1. The van der Waals surface area contributed by atoms with Gasteiger partial charge >= 0.3 is 29.6 Å². The Balaban J connectivity index is 0.00000243. The van der Waals surface area contributed by atoms with Crippen molar-refractivity contribution in [2.75, 3.05) is 0 Å². The molecule has 7 nitrogen and oxygen atoms in total. The number of rotatable bonds is 4. The van der Waals surface area contributed by atoms with E-state index in [1.165, 1.54) is 35.1 Å². The molecule has 0 amide bonds. The molecule has 0 bridgehead atoms. The third-order valence-electron chi connectivity index (χ3n) is 3.69. The summed E-state index contributed by atoms with van der Waals surface area (Å²) in [4.78, 5) is 11.4. The van der Waals surface area contributed by atoms with E-state index in [9.17, 15) is 18.3 Å². The predicted octanol–water partition coefficient (Wildman–Crippen LogP) is -2.14. The first kappa shape index (κ1) is 20.3. The summed E-state index contributed by atoms with van der Waals surface area (Å²) in [5, 5.41) is 20.8. The maximum absolute atomic E-state index is 11.4. The predicted molar refractivity (Wildman–Crippen MR) is 89.4 cm³/mol. The number of nitrogens with zero attached hydrogens (tertiary/aromatic N) is 2. The summed E-state index contributed by atoms with van der Waals surface area (Å²) in [7, 11) is -3.80. The molecule has 3 rings (SSSR count). The Kier molecular flexibility index (Phi) is 6.05. The molecule has 0 aliphatic carbocycles. The summed E-state index contributed by atoms with van der Waals surface area (Å²) in [6.45, 7) is 1.93. The fraction of sp³-hybridized carbons (Fsp3) is 0.0588. The zero-order valence-electron chi connectivity index (χ0n) is 14.2. The van der Waals surface area contributed by atoms with Gasteiger partial charge in [-0.3, -0.25) is 0 Å². The SMILES string of the molecule is Cc1ccc(-c2nn(-c3ccc(S(N)(=O)=O)cc3)cc2C(=O)[O-])cc1.[Na+]. The fourth-order valence-electron chi connectivity index (χ4n) is 2.37. The summed E-state index contributed by atoms with van der Waals surface area (Å²) in [5.41, 5.74) is 2.39. The van der Waals surface area contributed by atoms with Gasteiger partial charge in [0.1, 0.15) is 5.69 Å². The number of primary sulfonamides is 1. The molecule has 3 aromatic rings. The third kappa shape index (κ3) is 4.22. The second-order valence-electron chi connectivity index (χ2n) is 5.53. The van der Waals surface area contributed by atoms with Crippen molar-refractivity contribution < 1.29 is 47.9 Å². The largest absolute Gasteiger partial charge is 1.00 e. The molecule has 0 fully saturated rings.